The normalized spacial score (nSPS) is 21.3. The quantitative estimate of drug-likeness (QED) is 0.867. The molecule has 0 saturated heterocycles. The van der Waals surface area contributed by atoms with Gasteiger partial charge in [-0.3, -0.25) is 14.6 Å². The lowest BCUT2D eigenvalue weighted by atomic mass is 10.0. The van der Waals surface area contributed by atoms with Gasteiger partial charge in [-0.05, 0) is 30.9 Å². The van der Waals surface area contributed by atoms with E-state index in [0.29, 0.717) is 18.0 Å². The maximum absolute atomic E-state index is 12.2. The molecule has 21 heavy (non-hydrogen) atoms. The topological polar surface area (TPSA) is 71.1 Å². The van der Waals surface area contributed by atoms with E-state index in [4.69, 9.17) is 0 Å². The Balaban J connectivity index is 1.93. The van der Waals surface area contributed by atoms with Crippen LogP contribution >= 0.6 is 0 Å². The van der Waals surface area contributed by atoms with Crippen molar-refractivity contribution in [2.24, 2.45) is 11.8 Å². The zero-order valence-corrected chi connectivity index (χ0v) is 12.6. The number of pyridine rings is 1. The largest absolute Gasteiger partial charge is 0.356 e. The third-order valence-electron chi connectivity index (χ3n) is 3.80. The minimum Gasteiger partial charge on any atom is -0.356 e. The smallest absolute Gasteiger partial charge is 0.251 e. The number of carbonyl (C=O) groups excluding carboxylic acids is 2. The standard InChI is InChI=1S/C16H23N3O2/c1-11(2)10-18-16(21)13-4-3-5-14(13)19-15(20)12-6-8-17-9-7-12/h6-9,11,13-14H,3-5,10H2,1-2H3,(H,18,21)(H,19,20)/t13-,14+/m0/s1. The first kappa shape index (κ1) is 15.5. The van der Waals surface area contributed by atoms with E-state index in [1.165, 1.54) is 0 Å². The highest BCUT2D eigenvalue weighted by atomic mass is 16.2. The summed E-state index contributed by atoms with van der Waals surface area (Å²) in [5.74, 6) is 0.238. The summed E-state index contributed by atoms with van der Waals surface area (Å²) in [5.41, 5.74) is 0.582. The average molecular weight is 289 g/mol. The van der Waals surface area contributed by atoms with Gasteiger partial charge in [0.15, 0.2) is 0 Å². The summed E-state index contributed by atoms with van der Waals surface area (Å²) in [5, 5.41) is 5.95. The molecule has 0 aromatic carbocycles. The molecular formula is C16H23N3O2. The summed E-state index contributed by atoms with van der Waals surface area (Å²) >= 11 is 0. The number of hydrogen-bond acceptors (Lipinski definition) is 3. The third-order valence-corrected chi connectivity index (χ3v) is 3.80. The Bertz CT molecular complexity index is 488. The highest BCUT2D eigenvalue weighted by molar-refractivity contribution is 5.94. The predicted molar refractivity (Wildman–Crippen MR) is 80.7 cm³/mol. The van der Waals surface area contributed by atoms with E-state index in [0.717, 1.165) is 19.3 Å². The van der Waals surface area contributed by atoms with E-state index >= 15 is 0 Å². The summed E-state index contributed by atoms with van der Waals surface area (Å²) in [6, 6.07) is 3.29. The maximum Gasteiger partial charge on any atom is 0.251 e. The molecule has 114 valence electrons. The van der Waals surface area contributed by atoms with Crippen molar-refractivity contribution in [2.45, 2.75) is 39.2 Å². The Kier molecular flexibility index (Phi) is 5.31. The van der Waals surface area contributed by atoms with E-state index in [1.54, 1.807) is 24.5 Å². The second-order valence-electron chi connectivity index (χ2n) is 5.99. The monoisotopic (exact) mass is 289 g/mol. The van der Waals surface area contributed by atoms with Crippen LogP contribution in [0.2, 0.25) is 0 Å². The van der Waals surface area contributed by atoms with Crippen LogP contribution in [0, 0.1) is 11.8 Å². The molecule has 1 heterocycles. The van der Waals surface area contributed by atoms with Crippen LogP contribution in [0.4, 0.5) is 0 Å². The molecule has 0 unspecified atom stereocenters. The van der Waals surface area contributed by atoms with Gasteiger partial charge in [0, 0.05) is 30.5 Å². The molecule has 5 nitrogen and oxygen atoms in total. The number of nitrogens with one attached hydrogen (secondary N) is 2. The first-order valence-electron chi connectivity index (χ1n) is 7.56. The Morgan fingerprint density at radius 1 is 1.29 bits per heavy atom. The number of rotatable bonds is 5. The molecule has 2 rings (SSSR count). The number of aromatic nitrogens is 1. The van der Waals surface area contributed by atoms with E-state index in [-0.39, 0.29) is 23.8 Å². The van der Waals surface area contributed by atoms with Gasteiger partial charge in [0.05, 0.1) is 5.92 Å². The van der Waals surface area contributed by atoms with Crippen molar-refractivity contribution in [3.05, 3.63) is 30.1 Å². The van der Waals surface area contributed by atoms with Gasteiger partial charge >= 0.3 is 0 Å². The fraction of sp³-hybridized carbons (Fsp3) is 0.562. The summed E-state index contributed by atoms with van der Waals surface area (Å²) in [6.07, 6.45) is 5.86. The van der Waals surface area contributed by atoms with E-state index in [2.05, 4.69) is 29.5 Å². The number of nitrogens with zero attached hydrogens (tertiary/aromatic N) is 1. The van der Waals surface area contributed by atoms with Crippen LogP contribution in [-0.2, 0) is 4.79 Å². The predicted octanol–water partition coefficient (Wildman–Crippen LogP) is 1.75. The van der Waals surface area contributed by atoms with Crippen molar-refractivity contribution >= 4 is 11.8 Å². The lowest BCUT2D eigenvalue weighted by Gasteiger charge is -2.21. The summed E-state index contributed by atoms with van der Waals surface area (Å²) in [6.45, 7) is 4.82. The molecule has 0 radical (unpaired) electrons. The molecule has 2 N–H and O–H groups in total. The fourth-order valence-electron chi connectivity index (χ4n) is 2.64. The second kappa shape index (κ2) is 7.20. The van der Waals surface area contributed by atoms with Crippen molar-refractivity contribution in [1.29, 1.82) is 0 Å². The molecule has 0 bridgehead atoms. The molecule has 5 heteroatoms. The maximum atomic E-state index is 12.2. The Morgan fingerprint density at radius 2 is 2.00 bits per heavy atom. The minimum atomic E-state index is -0.133. The van der Waals surface area contributed by atoms with Gasteiger partial charge in [0.25, 0.3) is 5.91 Å². The van der Waals surface area contributed by atoms with Crippen LogP contribution in [0.15, 0.2) is 24.5 Å². The van der Waals surface area contributed by atoms with Gasteiger partial charge in [0.1, 0.15) is 0 Å². The van der Waals surface area contributed by atoms with Crippen LogP contribution in [0.25, 0.3) is 0 Å². The molecule has 0 spiro atoms. The summed E-state index contributed by atoms with van der Waals surface area (Å²) in [7, 11) is 0. The summed E-state index contributed by atoms with van der Waals surface area (Å²) in [4.78, 5) is 28.3. The molecule has 1 saturated carbocycles. The van der Waals surface area contributed by atoms with E-state index in [9.17, 15) is 9.59 Å². The number of hydrogen-bond donors (Lipinski definition) is 2. The average Bonchev–Trinajstić information content (AvgIpc) is 2.93. The molecule has 0 aliphatic heterocycles. The van der Waals surface area contributed by atoms with Crippen molar-refractivity contribution < 1.29 is 9.59 Å². The van der Waals surface area contributed by atoms with Crippen LogP contribution < -0.4 is 10.6 Å². The Labute approximate surface area is 125 Å². The first-order valence-corrected chi connectivity index (χ1v) is 7.56. The van der Waals surface area contributed by atoms with Crippen LogP contribution in [-0.4, -0.2) is 29.4 Å². The molecule has 1 aliphatic carbocycles. The highest BCUT2D eigenvalue weighted by Crippen LogP contribution is 2.26. The van der Waals surface area contributed by atoms with Gasteiger partial charge in [-0.1, -0.05) is 20.3 Å². The van der Waals surface area contributed by atoms with Gasteiger partial charge in [0.2, 0.25) is 5.91 Å². The zero-order chi connectivity index (χ0) is 15.2. The van der Waals surface area contributed by atoms with Crippen LogP contribution in [0.1, 0.15) is 43.5 Å². The molecule has 1 aromatic heterocycles. The van der Waals surface area contributed by atoms with E-state index < -0.39 is 0 Å². The molecule has 1 aromatic rings. The molecule has 2 amide bonds. The van der Waals surface area contributed by atoms with E-state index in [1.807, 2.05) is 0 Å². The third kappa shape index (κ3) is 4.28. The lowest BCUT2D eigenvalue weighted by molar-refractivity contribution is -0.125. The van der Waals surface area contributed by atoms with Crippen molar-refractivity contribution in [1.82, 2.24) is 15.6 Å². The lowest BCUT2D eigenvalue weighted by Crippen LogP contribution is -2.44. The minimum absolute atomic E-state index is 0.0567. The van der Waals surface area contributed by atoms with Gasteiger partial charge in [-0.15, -0.1) is 0 Å². The zero-order valence-electron chi connectivity index (χ0n) is 12.6. The fourth-order valence-corrected chi connectivity index (χ4v) is 2.64. The van der Waals surface area contributed by atoms with Crippen molar-refractivity contribution in [3.8, 4) is 0 Å². The van der Waals surface area contributed by atoms with Crippen molar-refractivity contribution in [3.63, 3.8) is 0 Å². The highest BCUT2D eigenvalue weighted by Gasteiger charge is 2.34. The van der Waals surface area contributed by atoms with Gasteiger partial charge < -0.3 is 10.6 Å². The second-order valence-corrected chi connectivity index (χ2v) is 5.99. The molecular weight excluding hydrogens is 266 g/mol. The van der Waals surface area contributed by atoms with Gasteiger partial charge in [-0.25, -0.2) is 0 Å². The molecule has 1 fully saturated rings. The SMILES string of the molecule is CC(C)CNC(=O)[C@H]1CCC[C@H]1NC(=O)c1ccncc1. The Hall–Kier alpha value is -1.91. The Morgan fingerprint density at radius 3 is 2.67 bits per heavy atom. The van der Waals surface area contributed by atoms with Crippen LogP contribution in [0.3, 0.4) is 0 Å². The van der Waals surface area contributed by atoms with Gasteiger partial charge in [-0.2, -0.15) is 0 Å². The van der Waals surface area contributed by atoms with Crippen LogP contribution in [0.5, 0.6) is 0 Å². The number of amides is 2. The summed E-state index contributed by atoms with van der Waals surface area (Å²) < 4.78 is 0. The molecule has 1 aliphatic rings. The number of carbonyl (C=O) groups is 2. The van der Waals surface area contributed by atoms with Crippen molar-refractivity contribution in [2.75, 3.05) is 6.54 Å². The first-order chi connectivity index (χ1) is 10.1. The molecule has 2 atom stereocenters.